The number of piperazine rings is 1. The molecule has 2 saturated carbocycles. The van der Waals surface area contributed by atoms with Crippen LogP contribution in [0.5, 0.6) is 0 Å². The van der Waals surface area contributed by atoms with Gasteiger partial charge in [-0.15, -0.1) is 0 Å². The average Bonchev–Trinajstić information content (AvgIpc) is 3.23. The molecular formula is C32H46N6O5. The lowest BCUT2D eigenvalue weighted by Gasteiger charge is -2.42. The number of nitrogens with zero attached hydrogens (tertiary/aromatic N) is 5. The van der Waals surface area contributed by atoms with E-state index in [-0.39, 0.29) is 30.0 Å². The van der Waals surface area contributed by atoms with Gasteiger partial charge in [-0.1, -0.05) is 25.3 Å². The summed E-state index contributed by atoms with van der Waals surface area (Å²) in [5, 5.41) is 2.36. The van der Waals surface area contributed by atoms with Gasteiger partial charge < -0.3 is 9.64 Å². The summed E-state index contributed by atoms with van der Waals surface area (Å²) in [6, 6.07) is 5.68. The normalized spacial score (nSPS) is 26.0. The zero-order chi connectivity index (χ0) is 30.1. The highest BCUT2D eigenvalue weighted by Gasteiger charge is 2.37. The smallest absolute Gasteiger partial charge is 0.329 e. The summed E-state index contributed by atoms with van der Waals surface area (Å²) in [6.45, 7) is 6.36. The van der Waals surface area contributed by atoms with Crippen molar-refractivity contribution in [1.82, 2.24) is 29.2 Å². The third kappa shape index (κ3) is 6.44. The van der Waals surface area contributed by atoms with Crippen molar-refractivity contribution in [2.45, 2.75) is 82.5 Å². The summed E-state index contributed by atoms with van der Waals surface area (Å²) in [6.07, 6.45) is 8.50. The number of aromatic nitrogens is 2. The van der Waals surface area contributed by atoms with Gasteiger partial charge in [-0.25, -0.2) is 4.79 Å². The zero-order valence-corrected chi connectivity index (χ0v) is 25.6. The van der Waals surface area contributed by atoms with Crippen molar-refractivity contribution in [1.29, 1.82) is 0 Å². The van der Waals surface area contributed by atoms with Crippen LogP contribution in [0.1, 0.15) is 69.4 Å². The second kappa shape index (κ2) is 12.9. The van der Waals surface area contributed by atoms with Crippen molar-refractivity contribution in [2.24, 2.45) is 13.0 Å². The number of ether oxygens (including phenoxy) is 1. The predicted octanol–water partition coefficient (Wildman–Crippen LogP) is 2.02. The Morgan fingerprint density at radius 3 is 2.42 bits per heavy atom. The lowest BCUT2D eigenvalue weighted by Crippen LogP contribution is -2.51. The summed E-state index contributed by atoms with van der Waals surface area (Å²) in [5.74, 6) is -0.122. The highest BCUT2D eigenvalue weighted by atomic mass is 16.5. The van der Waals surface area contributed by atoms with Crippen molar-refractivity contribution in [3.05, 3.63) is 34.2 Å². The van der Waals surface area contributed by atoms with E-state index < -0.39 is 11.9 Å². The quantitative estimate of drug-likeness (QED) is 0.443. The van der Waals surface area contributed by atoms with E-state index >= 15 is 0 Å². The molecular weight excluding hydrogens is 548 g/mol. The predicted molar refractivity (Wildman–Crippen MR) is 162 cm³/mol. The van der Waals surface area contributed by atoms with Gasteiger partial charge in [0.1, 0.15) is 6.04 Å². The number of nitrogens with one attached hydrogen (secondary N) is 1. The fourth-order valence-corrected chi connectivity index (χ4v) is 7.32. The van der Waals surface area contributed by atoms with Gasteiger partial charge in [0, 0.05) is 71.7 Å². The Bertz CT molecular complexity index is 1400. The Morgan fingerprint density at radius 1 is 0.977 bits per heavy atom. The monoisotopic (exact) mass is 594 g/mol. The van der Waals surface area contributed by atoms with Gasteiger partial charge in [0.25, 0.3) is 0 Å². The van der Waals surface area contributed by atoms with Crippen LogP contribution >= 0.6 is 0 Å². The van der Waals surface area contributed by atoms with Crippen LogP contribution in [0.25, 0.3) is 11.0 Å². The molecule has 3 heterocycles. The third-order valence-electron chi connectivity index (χ3n) is 10.2. The Balaban J connectivity index is 0.932. The Labute approximate surface area is 253 Å². The zero-order valence-electron chi connectivity index (χ0n) is 25.6. The minimum absolute atomic E-state index is 0.233. The molecule has 4 aliphatic rings. The molecule has 234 valence electrons. The number of aryl methyl sites for hydroxylation is 1. The van der Waals surface area contributed by atoms with E-state index in [0.717, 1.165) is 88.2 Å². The maximum Gasteiger partial charge on any atom is 0.329 e. The number of imide groups is 1. The average molecular weight is 595 g/mol. The van der Waals surface area contributed by atoms with Crippen molar-refractivity contribution < 1.29 is 19.1 Å². The van der Waals surface area contributed by atoms with Gasteiger partial charge in [0.15, 0.2) is 0 Å². The van der Waals surface area contributed by atoms with Gasteiger partial charge in [-0.05, 0) is 49.8 Å². The molecule has 0 radical (unpaired) electrons. The minimum Gasteiger partial charge on any atom is -0.377 e. The summed E-state index contributed by atoms with van der Waals surface area (Å²) >= 11 is 0. The molecule has 2 aliphatic heterocycles. The number of benzene rings is 1. The van der Waals surface area contributed by atoms with E-state index in [4.69, 9.17) is 4.74 Å². The molecule has 11 heteroatoms. The lowest BCUT2D eigenvalue weighted by atomic mass is 9.84. The Kier molecular flexibility index (Phi) is 9.02. The highest BCUT2D eigenvalue weighted by molar-refractivity contribution is 6.00. The van der Waals surface area contributed by atoms with Crippen molar-refractivity contribution in [3.8, 4) is 0 Å². The van der Waals surface area contributed by atoms with Crippen LogP contribution in [0.4, 0.5) is 0 Å². The van der Waals surface area contributed by atoms with Crippen LogP contribution < -0.4 is 11.0 Å². The fourth-order valence-electron chi connectivity index (χ4n) is 7.32. The number of piperidine rings is 1. The van der Waals surface area contributed by atoms with Gasteiger partial charge in [0.05, 0.1) is 23.7 Å². The summed E-state index contributed by atoms with van der Waals surface area (Å²) < 4.78 is 9.29. The molecule has 0 spiro atoms. The second-order valence-corrected chi connectivity index (χ2v) is 13.0. The molecule has 11 nitrogen and oxygen atoms in total. The maximum atomic E-state index is 13.1. The third-order valence-corrected chi connectivity index (χ3v) is 10.2. The first kappa shape index (κ1) is 30.0. The van der Waals surface area contributed by atoms with Gasteiger partial charge in [0.2, 0.25) is 17.7 Å². The standard InChI is InChI=1S/C32H46N6O5/c1-34(31(41)23-6-4-3-5-7-23)24-19-25(20-24)43-17-16-36-12-14-37(15-13-36)21-22-8-9-26-28(18-22)35(2)32(42)38(26)27-10-11-29(39)33-30(27)40/h8-9,18,23-25,27H,3-7,10-17,19-21H2,1-2H3,(H,33,39,40). The molecule has 1 aromatic carbocycles. The number of hydrogen-bond acceptors (Lipinski definition) is 7. The van der Waals surface area contributed by atoms with E-state index in [1.165, 1.54) is 23.8 Å². The summed E-state index contributed by atoms with van der Waals surface area (Å²) in [5.41, 5.74) is 2.41. The van der Waals surface area contributed by atoms with Crippen molar-refractivity contribution in [2.75, 3.05) is 46.4 Å². The first-order valence-corrected chi connectivity index (χ1v) is 16.1. The number of carbonyl (C=O) groups is 3. The van der Waals surface area contributed by atoms with Crippen LogP contribution in [0, 0.1) is 5.92 Å². The number of imidazole rings is 1. The van der Waals surface area contributed by atoms with E-state index in [1.54, 1.807) is 11.6 Å². The molecule has 1 aromatic heterocycles. The maximum absolute atomic E-state index is 13.1. The number of fused-ring (bicyclic) bond motifs is 1. The summed E-state index contributed by atoms with van der Waals surface area (Å²) in [4.78, 5) is 56.8. The number of rotatable bonds is 9. The van der Waals surface area contributed by atoms with E-state index in [1.807, 2.05) is 30.1 Å². The number of amides is 3. The van der Waals surface area contributed by atoms with E-state index in [2.05, 4.69) is 15.1 Å². The van der Waals surface area contributed by atoms with E-state index in [9.17, 15) is 19.2 Å². The number of carbonyl (C=O) groups excluding carboxylic acids is 3. The molecule has 2 aromatic rings. The molecule has 1 N–H and O–H groups in total. The van der Waals surface area contributed by atoms with Crippen molar-refractivity contribution in [3.63, 3.8) is 0 Å². The second-order valence-electron chi connectivity index (χ2n) is 13.0. The molecule has 4 fully saturated rings. The van der Waals surface area contributed by atoms with Gasteiger partial charge in [-0.2, -0.15) is 0 Å². The fraction of sp³-hybridized carbons (Fsp3) is 0.688. The largest absolute Gasteiger partial charge is 0.377 e. The molecule has 2 aliphatic carbocycles. The van der Waals surface area contributed by atoms with Crippen LogP contribution in [-0.4, -0.2) is 100 Å². The van der Waals surface area contributed by atoms with Crippen LogP contribution in [0.3, 0.4) is 0 Å². The first-order valence-electron chi connectivity index (χ1n) is 16.1. The van der Waals surface area contributed by atoms with E-state index in [0.29, 0.717) is 18.4 Å². The SMILES string of the molecule is CN(C(=O)C1CCCCC1)C1CC(OCCN2CCN(Cc3ccc4c(c3)n(C)c(=O)n4C3CCC(=O)NC3=O)CC2)C1. The minimum atomic E-state index is -0.667. The van der Waals surface area contributed by atoms with Crippen LogP contribution in [-0.2, 0) is 32.7 Å². The molecule has 1 atom stereocenters. The van der Waals surface area contributed by atoms with Crippen LogP contribution in [0.2, 0.25) is 0 Å². The lowest BCUT2D eigenvalue weighted by molar-refractivity contribution is -0.143. The molecule has 1 unspecified atom stereocenters. The Hall–Kier alpha value is -3.02. The molecule has 6 rings (SSSR count). The van der Waals surface area contributed by atoms with Crippen molar-refractivity contribution >= 4 is 28.8 Å². The topological polar surface area (TPSA) is 109 Å². The van der Waals surface area contributed by atoms with Gasteiger partial charge in [-0.3, -0.25) is 38.6 Å². The molecule has 0 bridgehead atoms. The molecule has 2 saturated heterocycles. The number of hydrogen-bond donors (Lipinski definition) is 1. The Morgan fingerprint density at radius 2 is 1.70 bits per heavy atom. The molecule has 43 heavy (non-hydrogen) atoms. The molecule has 3 amide bonds. The summed E-state index contributed by atoms with van der Waals surface area (Å²) in [7, 11) is 3.71. The highest BCUT2D eigenvalue weighted by Crippen LogP contribution is 2.32. The van der Waals surface area contributed by atoms with Crippen LogP contribution in [0.15, 0.2) is 23.0 Å². The first-order chi connectivity index (χ1) is 20.8. The van der Waals surface area contributed by atoms with Gasteiger partial charge >= 0.3 is 5.69 Å².